The molecule has 1 aromatic heterocycles. The summed E-state index contributed by atoms with van der Waals surface area (Å²) < 4.78 is 2.22. The summed E-state index contributed by atoms with van der Waals surface area (Å²) in [5, 5.41) is 0. The van der Waals surface area contributed by atoms with E-state index in [1.807, 2.05) is 12.4 Å². The lowest BCUT2D eigenvalue weighted by atomic mass is 10.2. The number of halogens is 1. The molecule has 2 nitrogen and oxygen atoms in total. The van der Waals surface area contributed by atoms with Gasteiger partial charge in [-0.05, 0) is 12.8 Å². The molecule has 1 aromatic carbocycles. The van der Waals surface area contributed by atoms with Crippen LogP contribution in [0.3, 0.4) is 0 Å². The van der Waals surface area contributed by atoms with E-state index in [0.29, 0.717) is 0 Å². The maximum Gasteiger partial charge on any atom is 0.191 e. The van der Waals surface area contributed by atoms with E-state index < -0.39 is 0 Å². The Labute approximate surface area is 112 Å². The number of nitrogens with zero attached hydrogens (tertiary/aromatic N) is 2. The minimum absolute atomic E-state index is 0. The lowest BCUT2D eigenvalue weighted by Gasteiger charge is -1.99. The van der Waals surface area contributed by atoms with Crippen LogP contribution < -0.4 is 21.5 Å². The predicted octanol–water partition coefficient (Wildman–Crippen LogP) is -0.701. The molecule has 2 aromatic rings. The van der Waals surface area contributed by atoms with Gasteiger partial charge in [-0.2, -0.15) is 4.57 Å². The lowest BCUT2D eigenvalue weighted by Crippen LogP contribution is -3.00. The van der Waals surface area contributed by atoms with Crippen LogP contribution >= 0.6 is 0 Å². The molecule has 0 N–H and O–H groups in total. The number of rotatable bonds is 3. The molecule has 0 unspecified atom stereocenters. The summed E-state index contributed by atoms with van der Waals surface area (Å²) in [5.41, 5.74) is 2.58. The molecule has 88 valence electrons. The minimum atomic E-state index is 0. The van der Waals surface area contributed by atoms with E-state index >= 15 is 0 Å². The van der Waals surface area contributed by atoms with Crippen molar-refractivity contribution in [2.24, 2.45) is 0 Å². The summed E-state index contributed by atoms with van der Waals surface area (Å²) >= 11 is 0. The number of hydrogen-bond donors (Lipinski definition) is 0. The molecule has 0 aliphatic heterocycles. The molecule has 0 spiro atoms. The molecule has 3 heteroatoms. The van der Waals surface area contributed by atoms with Crippen molar-refractivity contribution in [2.45, 2.75) is 25.3 Å². The van der Waals surface area contributed by atoms with Crippen LogP contribution in [-0.4, -0.2) is 4.98 Å². The van der Waals surface area contributed by atoms with Gasteiger partial charge < -0.3 is 17.0 Å². The second-order valence-electron chi connectivity index (χ2n) is 4.41. The maximum atomic E-state index is 4.42. The third-order valence-electron chi connectivity index (χ3n) is 2.98. The first kappa shape index (κ1) is 12.2. The minimum Gasteiger partial charge on any atom is -1.00 e. The summed E-state index contributed by atoms with van der Waals surface area (Å²) in [6.07, 6.45) is 8.75. The molecule has 1 aliphatic rings. The first-order valence-corrected chi connectivity index (χ1v) is 5.81. The Morgan fingerprint density at radius 3 is 2.65 bits per heavy atom. The first-order chi connectivity index (χ1) is 7.92. The SMILES string of the molecule is [Br-].c1ccc(C[n+]2ccnc(C3CC3)c2)cc1. The second-order valence-corrected chi connectivity index (χ2v) is 4.41. The second kappa shape index (κ2) is 5.41. The zero-order chi connectivity index (χ0) is 10.8. The highest BCUT2D eigenvalue weighted by atomic mass is 79.9. The van der Waals surface area contributed by atoms with Gasteiger partial charge in [0.2, 0.25) is 0 Å². The van der Waals surface area contributed by atoms with Crippen molar-refractivity contribution in [3.63, 3.8) is 0 Å². The molecule has 1 saturated carbocycles. The zero-order valence-corrected chi connectivity index (χ0v) is 11.2. The molecule has 0 bridgehead atoms. The van der Waals surface area contributed by atoms with Crippen LogP contribution in [0.25, 0.3) is 0 Å². The number of benzene rings is 1. The number of aromatic nitrogens is 2. The Morgan fingerprint density at radius 2 is 1.94 bits per heavy atom. The van der Waals surface area contributed by atoms with E-state index in [-0.39, 0.29) is 17.0 Å². The van der Waals surface area contributed by atoms with E-state index in [2.05, 4.69) is 46.1 Å². The van der Waals surface area contributed by atoms with Gasteiger partial charge in [0.15, 0.2) is 18.9 Å². The molecule has 1 aliphatic carbocycles. The Morgan fingerprint density at radius 1 is 1.18 bits per heavy atom. The fourth-order valence-electron chi connectivity index (χ4n) is 1.93. The van der Waals surface area contributed by atoms with Crippen LogP contribution in [0.5, 0.6) is 0 Å². The Kier molecular flexibility index (Phi) is 3.89. The van der Waals surface area contributed by atoms with Gasteiger partial charge in [-0.25, -0.2) is 4.98 Å². The van der Waals surface area contributed by atoms with Crippen LogP contribution in [0.1, 0.15) is 30.0 Å². The fourth-order valence-corrected chi connectivity index (χ4v) is 1.93. The molecule has 0 amide bonds. The van der Waals surface area contributed by atoms with E-state index in [1.54, 1.807) is 0 Å². The van der Waals surface area contributed by atoms with Crippen molar-refractivity contribution in [1.82, 2.24) is 4.98 Å². The molecule has 0 atom stereocenters. The Hall–Kier alpha value is -1.22. The standard InChI is InChI=1S/C14H15N2.BrH/c1-2-4-12(5-3-1)10-16-9-8-15-14(11-16)13-6-7-13;/h1-5,8-9,11,13H,6-7,10H2;1H/q+1;/p-1. The third kappa shape index (κ3) is 3.13. The van der Waals surface area contributed by atoms with Crippen molar-refractivity contribution in [2.75, 3.05) is 0 Å². The Balaban J connectivity index is 0.00000108. The van der Waals surface area contributed by atoms with Crippen LogP contribution in [0.4, 0.5) is 0 Å². The normalized spacial score (nSPS) is 14.1. The summed E-state index contributed by atoms with van der Waals surface area (Å²) in [5.74, 6) is 0.725. The smallest absolute Gasteiger partial charge is 0.191 e. The van der Waals surface area contributed by atoms with Gasteiger partial charge >= 0.3 is 0 Å². The highest BCUT2D eigenvalue weighted by molar-refractivity contribution is 5.13. The van der Waals surface area contributed by atoms with E-state index in [9.17, 15) is 0 Å². The molecular formula is C14H15BrN2. The monoisotopic (exact) mass is 290 g/mol. The maximum absolute atomic E-state index is 4.42. The zero-order valence-electron chi connectivity index (χ0n) is 9.59. The molecular weight excluding hydrogens is 276 g/mol. The summed E-state index contributed by atoms with van der Waals surface area (Å²) in [6, 6.07) is 10.5. The largest absolute Gasteiger partial charge is 1.00 e. The van der Waals surface area contributed by atoms with E-state index in [1.165, 1.54) is 24.1 Å². The highest BCUT2D eigenvalue weighted by Gasteiger charge is 2.27. The number of hydrogen-bond acceptors (Lipinski definition) is 1. The van der Waals surface area contributed by atoms with Crippen LogP contribution in [0.15, 0.2) is 48.9 Å². The molecule has 0 saturated heterocycles. The van der Waals surface area contributed by atoms with Gasteiger partial charge in [0.25, 0.3) is 0 Å². The highest BCUT2D eigenvalue weighted by Crippen LogP contribution is 2.38. The molecule has 1 heterocycles. The first-order valence-electron chi connectivity index (χ1n) is 5.81. The van der Waals surface area contributed by atoms with Gasteiger partial charge in [0.1, 0.15) is 5.69 Å². The molecule has 3 rings (SSSR count). The van der Waals surface area contributed by atoms with Crippen molar-refractivity contribution in [1.29, 1.82) is 0 Å². The lowest BCUT2D eigenvalue weighted by molar-refractivity contribution is -0.689. The van der Waals surface area contributed by atoms with Crippen molar-refractivity contribution in [3.8, 4) is 0 Å². The van der Waals surface area contributed by atoms with Crippen molar-refractivity contribution >= 4 is 0 Å². The van der Waals surface area contributed by atoms with Gasteiger partial charge in [0, 0.05) is 11.5 Å². The average molecular weight is 291 g/mol. The Bertz CT molecular complexity index is 481. The van der Waals surface area contributed by atoms with E-state index in [0.717, 1.165) is 12.5 Å². The average Bonchev–Trinajstić information content (AvgIpc) is 3.15. The molecule has 17 heavy (non-hydrogen) atoms. The van der Waals surface area contributed by atoms with Gasteiger partial charge in [0.05, 0.1) is 6.20 Å². The van der Waals surface area contributed by atoms with Gasteiger partial charge in [-0.1, -0.05) is 30.3 Å². The summed E-state index contributed by atoms with van der Waals surface area (Å²) in [7, 11) is 0. The summed E-state index contributed by atoms with van der Waals surface area (Å²) in [4.78, 5) is 4.42. The molecule has 1 fully saturated rings. The van der Waals surface area contributed by atoms with Crippen molar-refractivity contribution in [3.05, 3.63) is 60.2 Å². The molecule has 0 radical (unpaired) electrons. The quantitative estimate of drug-likeness (QED) is 0.683. The van der Waals surface area contributed by atoms with E-state index in [4.69, 9.17) is 0 Å². The van der Waals surface area contributed by atoms with Crippen LogP contribution in [-0.2, 0) is 6.54 Å². The van der Waals surface area contributed by atoms with Crippen LogP contribution in [0, 0.1) is 0 Å². The summed E-state index contributed by atoms with van der Waals surface area (Å²) in [6.45, 7) is 0.934. The topological polar surface area (TPSA) is 16.8 Å². The third-order valence-corrected chi connectivity index (χ3v) is 2.98. The van der Waals surface area contributed by atoms with Gasteiger partial charge in [-0.15, -0.1) is 0 Å². The fraction of sp³-hybridized carbons (Fsp3) is 0.286. The van der Waals surface area contributed by atoms with Crippen LogP contribution in [0.2, 0.25) is 0 Å². The van der Waals surface area contributed by atoms with Crippen molar-refractivity contribution < 1.29 is 21.5 Å². The van der Waals surface area contributed by atoms with Gasteiger partial charge in [-0.3, -0.25) is 0 Å². The predicted molar refractivity (Wildman–Crippen MR) is 62.0 cm³/mol.